The Kier molecular flexibility index (Phi) is 4.76. The predicted octanol–water partition coefficient (Wildman–Crippen LogP) is 4.06. The molecule has 0 fully saturated rings. The van der Waals surface area contributed by atoms with E-state index in [0.717, 1.165) is 16.7 Å². The van der Waals surface area contributed by atoms with E-state index >= 15 is 0 Å². The number of ketones is 1. The van der Waals surface area contributed by atoms with Gasteiger partial charge in [-0.15, -0.1) is 0 Å². The van der Waals surface area contributed by atoms with Crippen LogP contribution in [0.4, 0.5) is 4.39 Å². The van der Waals surface area contributed by atoms with Crippen molar-refractivity contribution in [2.24, 2.45) is 0 Å². The minimum atomic E-state index is -0.467. The largest absolute Gasteiger partial charge is 0.496 e. The molecule has 0 amide bonds. The van der Waals surface area contributed by atoms with Gasteiger partial charge in [-0.25, -0.2) is 14.4 Å². The summed E-state index contributed by atoms with van der Waals surface area (Å²) in [5.41, 5.74) is 2.59. The van der Waals surface area contributed by atoms with Crippen LogP contribution in [0, 0.1) is 12.7 Å². The zero-order chi connectivity index (χ0) is 17.1. The van der Waals surface area contributed by atoms with Gasteiger partial charge in [0.15, 0.2) is 5.78 Å². The van der Waals surface area contributed by atoms with Crippen molar-refractivity contribution in [3.8, 4) is 5.75 Å². The van der Waals surface area contributed by atoms with E-state index in [2.05, 4.69) is 9.97 Å². The Hall–Kier alpha value is -2.47. The number of ether oxygens (including phenoxy) is 1. The van der Waals surface area contributed by atoms with Crippen LogP contribution in [0.1, 0.15) is 16.1 Å². The maximum absolute atomic E-state index is 13.4. The SMILES string of the molecule is COc1ccc(F)cc1C(=O)CSc1nc2ccccc2nc1C. The molecular formula is C18H15FN2O2S. The van der Waals surface area contributed by atoms with Gasteiger partial charge in [-0.1, -0.05) is 23.9 Å². The standard InChI is InChI=1S/C18H15FN2O2S/c1-11-18(21-15-6-4-3-5-14(15)20-11)24-10-16(22)13-9-12(19)7-8-17(13)23-2/h3-9H,10H2,1-2H3. The van der Waals surface area contributed by atoms with Gasteiger partial charge in [-0.2, -0.15) is 0 Å². The van der Waals surface area contributed by atoms with Crippen molar-refractivity contribution in [2.45, 2.75) is 11.9 Å². The van der Waals surface area contributed by atoms with Gasteiger partial charge < -0.3 is 4.74 Å². The maximum Gasteiger partial charge on any atom is 0.176 e. The average Bonchev–Trinajstić information content (AvgIpc) is 2.59. The summed E-state index contributed by atoms with van der Waals surface area (Å²) in [7, 11) is 1.45. The van der Waals surface area contributed by atoms with Crippen LogP contribution < -0.4 is 4.74 Å². The average molecular weight is 342 g/mol. The first-order chi connectivity index (χ1) is 11.6. The number of carbonyl (C=O) groups is 1. The van der Waals surface area contributed by atoms with Crippen molar-refractivity contribution in [1.82, 2.24) is 9.97 Å². The first kappa shape index (κ1) is 16.4. The summed E-state index contributed by atoms with van der Waals surface area (Å²) in [5, 5.41) is 0.692. The van der Waals surface area contributed by atoms with Crippen LogP contribution in [0.25, 0.3) is 11.0 Å². The molecule has 3 aromatic rings. The predicted molar refractivity (Wildman–Crippen MR) is 92.3 cm³/mol. The third-order valence-electron chi connectivity index (χ3n) is 3.50. The van der Waals surface area contributed by atoms with E-state index in [1.54, 1.807) is 0 Å². The first-order valence-corrected chi connectivity index (χ1v) is 8.30. The molecule has 4 nitrogen and oxygen atoms in total. The van der Waals surface area contributed by atoms with Crippen molar-refractivity contribution >= 4 is 28.6 Å². The lowest BCUT2D eigenvalue weighted by Gasteiger charge is -2.08. The zero-order valence-electron chi connectivity index (χ0n) is 13.2. The molecular weight excluding hydrogens is 327 g/mol. The number of benzene rings is 2. The van der Waals surface area contributed by atoms with Crippen LogP contribution in [0.2, 0.25) is 0 Å². The van der Waals surface area contributed by atoms with Gasteiger partial charge in [-0.3, -0.25) is 4.79 Å². The highest BCUT2D eigenvalue weighted by Crippen LogP contribution is 2.25. The molecule has 0 aliphatic carbocycles. The highest BCUT2D eigenvalue weighted by molar-refractivity contribution is 8.00. The zero-order valence-corrected chi connectivity index (χ0v) is 14.1. The maximum atomic E-state index is 13.4. The molecule has 0 radical (unpaired) electrons. The number of aromatic nitrogens is 2. The summed E-state index contributed by atoms with van der Waals surface area (Å²) >= 11 is 1.29. The third-order valence-corrected chi connectivity index (χ3v) is 4.57. The Morgan fingerprint density at radius 2 is 1.88 bits per heavy atom. The molecule has 2 aromatic carbocycles. The molecule has 0 aliphatic heterocycles. The third kappa shape index (κ3) is 3.38. The quantitative estimate of drug-likeness (QED) is 0.517. The number of rotatable bonds is 5. The molecule has 0 N–H and O–H groups in total. The fourth-order valence-electron chi connectivity index (χ4n) is 2.32. The molecule has 0 unspecified atom stereocenters. The van der Waals surface area contributed by atoms with Crippen LogP contribution in [-0.4, -0.2) is 28.6 Å². The van der Waals surface area contributed by atoms with E-state index in [4.69, 9.17) is 4.74 Å². The molecule has 3 rings (SSSR count). The fourth-order valence-corrected chi connectivity index (χ4v) is 3.16. The van der Waals surface area contributed by atoms with Crippen LogP contribution in [0.3, 0.4) is 0 Å². The van der Waals surface area contributed by atoms with E-state index in [9.17, 15) is 9.18 Å². The van der Waals surface area contributed by atoms with Crippen molar-refractivity contribution in [2.75, 3.05) is 12.9 Å². The van der Waals surface area contributed by atoms with Gasteiger partial charge >= 0.3 is 0 Å². The number of thioether (sulfide) groups is 1. The lowest BCUT2D eigenvalue weighted by Crippen LogP contribution is -2.06. The number of para-hydroxylation sites is 2. The second-order valence-corrected chi connectivity index (χ2v) is 6.12. The molecule has 0 aliphatic rings. The summed E-state index contributed by atoms with van der Waals surface area (Å²) < 4.78 is 18.5. The number of methoxy groups -OCH3 is 1. The van der Waals surface area contributed by atoms with E-state index in [0.29, 0.717) is 10.8 Å². The molecule has 1 heterocycles. The number of fused-ring (bicyclic) bond motifs is 1. The number of Topliss-reactive ketones (excluding diaryl/α,β-unsaturated/α-hetero) is 1. The molecule has 0 bridgehead atoms. The van der Waals surface area contributed by atoms with Crippen LogP contribution >= 0.6 is 11.8 Å². The van der Waals surface area contributed by atoms with Crippen LogP contribution in [0.5, 0.6) is 5.75 Å². The Morgan fingerprint density at radius 1 is 1.17 bits per heavy atom. The Bertz CT molecular complexity index is 915. The van der Waals surface area contributed by atoms with Crippen LogP contribution in [0.15, 0.2) is 47.5 Å². The van der Waals surface area contributed by atoms with Gasteiger partial charge in [0.25, 0.3) is 0 Å². The summed E-state index contributed by atoms with van der Waals surface area (Å²) in [4.78, 5) is 21.4. The summed E-state index contributed by atoms with van der Waals surface area (Å²) in [6, 6.07) is 11.5. The van der Waals surface area contributed by atoms with Gasteiger partial charge in [-0.05, 0) is 37.3 Å². The molecule has 0 saturated heterocycles. The number of carbonyl (C=O) groups excluding carboxylic acids is 1. The second kappa shape index (κ2) is 6.97. The van der Waals surface area contributed by atoms with E-state index < -0.39 is 5.82 Å². The number of halogens is 1. The highest BCUT2D eigenvalue weighted by atomic mass is 32.2. The van der Waals surface area contributed by atoms with E-state index in [1.165, 1.54) is 37.1 Å². The minimum Gasteiger partial charge on any atom is -0.496 e. The van der Waals surface area contributed by atoms with Gasteiger partial charge in [0.2, 0.25) is 0 Å². The smallest absolute Gasteiger partial charge is 0.176 e. The Morgan fingerprint density at radius 3 is 2.58 bits per heavy atom. The molecule has 6 heteroatoms. The number of aryl methyl sites for hydroxylation is 1. The number of nitrogens with zero attached hydrogens (tertiary/aromatic N) is 2. The van der Waals surface area contributed by atoms with Gasteiger partial charge in [0.05, 0.1) is 35.2 Å². The Balaban J connectivity index is 1.82. The molecule has 1 aromatic heterocycles. The van der Waals surface area contributed by atoms with Crippen LogP contribution in [-0.2, 0) is 0 Å². The monoisotopic (exact) mass is 342 g/mol. The number of hydrogen-bond acceptors (Lipinski definition) is 5. The highest BCUT2D eigenvalue weighted by Gasteiger charge is 2.15. The first-order valence-electron chi connectivity index (χ1n) is 7.31. The van der Waals surface area contributed by atoms with Gasteiger partial charge in [0.1, 0.15) is 16.6 Å². The van der Waals surface area contributed by atoms with Crippen molar-refractivity contribution in [3.63, 3.8) is 0 Å². The lowest BCUT2D eigenvalue weighted by molar-refractivity contribution is 0.101. The normalized spacial score (nSPS) is 10.8. The van der Waals surface area contributed by atoms with E-state index in [1.807, 2.05) is 31.2 Å². The molecule has 0 spiro atoms. The molecule has 24 heavy (non-hydrogen) atoms. The minimum absolute atomic E-state index is 0.133. The number of hydrogen-bond donors (Lipinski definition) is 0. The van der Waals surface area contributed by atoms with Crippen molar-refractivity contribution in [1.29, 1.82) is 0 Å². The summed E-state index contributed by atoms with van der Waals surface area (Å²) in [6.45, 7) is 1.86. The van der Waals surface area contributed by atoms with Gasteiger partial charge in [0, 0.05) is 0 Å². The molecule has 0 saturated carbocycles. The molecule has 122 valence electrons. The molecule has 0 atom stereocenters. The fraction of sp³-hybridized carbons (Fsp3) is 0.167. The van der Waals surface area contributed by atoms with E-state index in [-0.39, 0.29) is 17.1 Å². The summed E-state index contributed by atoms with van der Waals surface area (Å²) in [5.74, 6) is -0.187. The lowest BCUT2D eigenvalue weighted by atomic mass is 10.1. The van der Waals surface area contributed by atoms with Crippen molar-refractivity contribution < 1.29 is 13.9 Å². The van der Waals surface area contributed by atoms with Crippen molar-refractivity contribution in [3.05, 3.63) is 59.5 Å². The second-order valence-electron chi connectivity index (χ2n) is 5.16. The topological polar surface area (TPSA) is 52.1 Å². The Labute approximate surface area is 143 Å². The summed E-state index contributed by atoms with van der Waals surface area (Å²) in [6.07, 6.45) is 0.